The van der Waals surface area contributed by atoms with Crippen LogP contribution in [0.15, 0.2) is 0 Å². The summed E-state index contributed by atoms with van der Waals surface area (Å²) in [6.45, 7) is 11.2. The average molecular weight is 282 g/mol. The van der Waals surface area contributed by atoms with Crippen LogP contribution in [-0.2, 0) is 4.79 Å². The van der Waals surface area contributed by atoms with E-state index >= 15 is 0 Å². The van der Waals surface area contributed by atoms with Crippen LogP contribution >= 0.6 is 0 Å². The van der Waals surface area contributed by atoms with Crippen LogP contribution in [0.5, 0.6) is 0 Å². The molecule has 0 aromatic carbocycles. The quantitative estimate of drug-likeness (QED) is 0.676. The Hall–Kier alpha value is -0.650. The summed E-state index contributed by atoms with van der Waals surface area (Å²) in [7, 11) is 0. The minimum atomic E-state index is -0.519. The maximum Gasteiger partial charge on any atom is 0.239 e. The molecule has 0 spiro atoms. The third-order valence-corrected chi connectivity index (χ3v) is 4.94. The maximum absolute atomic E-state index is 12.0. The molecule has 0 aromatic rings. The van der Waals surface area contributed by atoms with Gasteiger partial charge in [0, 0.05) is 31.7 Å². The van der Waals surface area contributed by atoms with Gasteiger partial charge in [0.05, 0.1) is 0 Å². The fourth-order valence-electron chi connectivity index (χ4n) is 3.44. The Balaban J connectivity index is 1.91. The van der Waals surface area contributed by atoms with Gasteiger partial charge in [0.25, 0.3) is 0 Å². The lowest BCUT2D eigenvalue weighted by Gasteiger charge is -2.29. The lowest BCUT2D eigenvalue weighted by atomic mass is 9.95. The number of nitrogens with zero attached hydrogens (tertiary/aromatic N) is 2. The molecule has 1 amide bonds. The number of rotatable bonds is 8. The van der Waals surface area contributed by atoms with Crippen LogP contribution in [0.1, 0.15) is 40.0 Å². The molecule has 2 fully saturated rings. The summed E-state index contributed by atoms with van der Waals surface area (Å²) in [5.74, 6) is -0.188. The summed E-state index contributed by atoms with van der Waals surface area (Å²) in [5, 5.41) is 3.48. The normalized spacial score (nSPS) is 31.1. The van der Waals surface area contributed by atoms with Crippen molar-refractivity contribution in [3.63, 3.8) is 0 Å². The predicted octanol–water partition coefficient (Wildman–Crippen LogP) is 0.399. The molecule has 1 aliphatic carbocycles. The first-order valence-corrected chi connectivity index (χ1v) is 8.05. The number of carbonyl (C=O) groups excluding carboxylic acids is 1. The molecular formula is C15H30N4O. The molecule has 2 rings (SSSR count). The highest BCUT2D eigenvalue weighted by molar-refractivity contribution is 5.85. The molecular weight excluding hydrogens is 252 g/mol. The Morgan fingerprint density at radius 2 is 2.05 bits per heavy atom. The Morgan fingerprint density at radius 3 is 2.55 bits per heavy atom. The van der Waals surface area contributed by atoms with Crippen molar-refractivity contribution in [1.82, 2.24) is 15.1 Å². The highest BCUT2D eigenvalue weighted by Gasteiger charge is 2.50. The predicted molar refractivity (Wildman–Crippen MR) is 81.5 cm³/mol. The maximum atomic E-state index is 12.0. The number of carbonyl (C=O) groups is 1. The van der Waals surface area contributed by atoms with Crippen molar-refractivity contribution in [2.24, 2.45) is 5.73 Å². The van der Waals surface area contributed by atoms with Crippen molar-refractivity contribution in [3.05, 3.63) is 0 Å². The summed E-state index contributed by atoms with van der Waals surface area (Å²) in [6, 6.07) is 1.15. The molecule has 1 saturated heterocycles. The van der Waals surface area contributed by atoms with Crippen molar-refractivity contribution >= 4 is 5.91 Å². The number of amides is 1. The van der Waals surface area contributed by atoms with Crippen molar-refractivity contribution < 1.29 is 4.79 Å². The molecule has 0 bridgehead atoms. The van der Waals surface area contributed by atoms with E-state index in [2.05, 4.69) is 35.9 Å². The monoisotopic (exact) mass is 282 g/mol. The number of likely N-dealkylation sites (N-methyl/N-ethyl adjacent to an activating group) is 1. The molecule has 20 heavy (non-hydrogen) atoms. The number of primary amides is 1. The van der Waals surface area contributed by atoms with Crippen molar-refractivity contribution in [2.75, 3.05) is 32.7 Å². The minimum absolute atomic E-state index is 0.188. The number of nitrogens with two attached hydrogens (primary N) is 1. The molecule has 2 aliphatic rings. The van der Waals surface area contributed by atoms with Gasteiger partial charge >= 0.3 is 0 Å². The molecule has 5 nitrogen and oxygen atoms in total. The van der Waals surface area contributed by atoms with E-state index in [0.29, 0.717) is 12.1 Å². The fraction of sp³-hybridized carbons (Fsp3) is 0.933. The van der Waals surface area contributed by atoms with Gasteiger partial charge in [-0.2, -0.15) is 0 Å². The Kier molecular flexibility index (Phi) is 5.04. The summed E-state index contributed by atoms with van der Waals surface area (Å²) in [5.41, 5.74) is 5.20. The van der Waals surface area contributed by atoms with Crippen LogP contribution in [0.3, 0.4) is 0 Å². The minimum Gasteiger partial charge on any atom is -0.368 e. The molecule has 3 N–H and O–H groups in total. The van der Waals surface area contributed by atoms with E-state index in [1.807, 2.05) is 0 Å². The largest absolute Gasteiger partial charge is 0.368 e. The zero-order valence-electron chi connectivity index (χ0n) is 13.2. The molecule has 5 heteroatoms. The third kappa shape index (κ3) is 3.32. The molecule has 2 unspecified atom stereocenters. The molecule has 1 heterocycles. The van der Waals surface area contributed by atoms with E-state index in [4.69, 9.17) is 5.73 Å². The van der Waals surface area contributed by atoms with E-state index in [0.717, 1.165) is 39.1 Å². The highest BCUT2D eigenvalue weighted by Crippen LogP contribution is 2.37. The van der Waals surface area contributed by atoms with Crippen LogP contribution < -0.4 is 11.1 Å². The van der Waals surface area contributed by atoms with E-state index in [1.54, 1.807) is 0 Å². The summed E-state index contributed by atoms with van der Waals surface area (Å²) in [4.78, 5) is 16.8. The molecule has 1 aliphatic heterocycles. The van der Waals surface area contributed by atoms with Crippen LogP contribution in [-0.4, -0.2) is 66.1 Å². The summed E-state index contributed by atoms with van der Waals surface area (Å²) >= 11 is 0. The van der Waals surface area contributed by atoms with Gasteiger partial charge in [-0.05, 0) is 39.3 Å². The number of nitrogens with one attached hydrogen (secondary N) is 1. The molecule has 2 atom stereocenters. The highest BCUT2D eigenvalue weighted by atomic mass is 16.1. The summed E-state index contributed by atoms with van der Waals surface area (Å²) in [6.07, 6.45) is 3.40. The van der Waals surface area contributed by atoms with Gasteiger partial charge in [0.2, 0.25) is 5.91 Å². The van der Waals surface area contributed by atoms with Crippen LogP contribution in [0.2, 0.25) is 0 Å². The van der Waals surface area contributed by atoms with Crippen LogP contribution in [0.25, 0.3) is 0 Å². The fourth-order valence-corrected chi connectivity index (χ4v) is 3.44. The summed E-state index contributed by atoms with van der Waals surface area (Å²) < 4.78 is 0. The topological polar surface area (TPSA) is 61.6 Å². The first-order chi connectivity index (χ1) is 9.52. The zero-order chi connectivity index (χ0) is 14.8. The van der Waals surface area contributed by atoms with Gasteiger partial charge in [0.15, 0.2) is 0 Å². The van der Waals surface area contributed by atoms with Gasteiger partial charge in [-0.25, -0.2) is 0 Å². The number of likely N-dealkylation sites (tertiary alicyclic amines) is 1. The Bertz CT molecular complexity index is 341. The van der Waals surface area contributed by atoms with Gasteiger partial charge in [-0.1, -0.05) is 13.8 Å². The molecule has 116 valence electrons. The smallest absolute Gasteiger partial charge is 0.239 e. The Labute approximate surface area is 122 Å². The van der Waals surface area contributed by atoms with Crippen LogP contribution in [0, 0.1) is 0 Å². The lowest BCUT2D eigenvalue weighted by molar-refractivity contribution is -0.124. The lowest BCUT2D eigenvalue weighted by Crippen LogP contribution is -2.58. The van der Waals surface area contributed by atoms with Gasteiger partial charge in [0.1, 0.15) is 5.54 Å². The number of hydrogen-bond donors (Lipinski definition) is 2. The first kappa shape index (κ1) is 15.7. The van der Waals surface area contributed by atoms with E-state index in [-0.39, 0.29) is 5.91 Å². The molecule has 0 aromatic heterocycles. The van der Waals surface area contributed by atoms with Gasteiger partial charge in [-0.15, -0.1) is 0 Å². The Morgan fingerprint density at radius 1 is 1.40 bits per heavy atom. The second-order valence-corrected chi connectivity index (χ2v) is 6.36. The van der Waals surface area contributed by atoms with E-state index in [1.165, 1.54) is 12.8 Å². The average Bonchev–Trinajstić information content (AvgIpc) is 3.19. The van der Waals surface area contributed by atoms with Crippen molar-refractivity contribution in [3.8, 4) is 0 Å². The number of hydrogen-bond acceptors (Lipinski definition) is 4. The third-order valence-electron chi connectivity index (χ3n) is 4.94. The second kappa shape index (κ2) is 6.41. The van der Waals surface area contributed by atoms with E-state index < -0.39 is 5.54 Å². The first-order valence-electron chi connectivity index (χ1n) is 8.05. The second-order valence-electron chi connectivity index (χ2n) is 6.36. The van der Waals surface area contributed by atoms with Crippen molar-refractivity contribution in [2.45, 2.75) is 57.7 Å². The van der Waals surface area contributed by atoms with E-state index in [9.17, 15) is 4.79 Å². The van der Waals surface area contributed by atoms with Gasteiger partial charge in [-0.3, -0.25) is 9.69 Å². The van der Waals surface area contributed by atoms with Gasteiger partial charge < -0.3 is 16.0 Å². The standard InChI is InChI=1S/C15H30N4O/c1-4-18(5-2)9-8-17-15(14(16)20)10-12(3)19(11-15)13-6-7-13/h12-13,17H,4-11H2,1-3H3,(H2,16,20). The molecule has 1 saturated carbocycles. The van der Waals surface area contributed by atoms with Crippen molar-refractivity contribution in [1.29, 1.82) is 0 Å². The molecule has 0 radical (unpaired) electrons. The SMILES string of the molecule is CCN(CC)CCNC1(C(N)=O)CC(C)N(C2CC2)C1. The van der Waals surface area contributed by atoms with Crippen LogP contribution in [0.4, 0.5) is 0 Å². The zero-order valence-corrected chi connectivity index (χ0v) is 13.2.